The number of quaternary nitrogens is 1. The predicted molar refractivity (Wildman–Crippen MR) is 178 cm³/mol. The number of aliphatic hydroxyl groups excluding tert-OH is 1. The number of halogens is 2. The van der Waals surface area contributed by atoms with Gasteiger partial charge in [0.1, 0.15) is 47.5 Å². The second-order valence-corrected chi connectivity index (χ2v) is 12.8. The highest BCUT2D eigenvalue weighted by molar-refractivity contribution is 5.98. The zero-order chi connectivity index (χ0) is 36.3. The largest absolute Gasteiger partial charge is 0.482 e. The second-order valence-electron chi connectivity index (χ2n) is 12.8. The van der Waals surface area contributed by atoms with Crippen molar-refractivity contribution in [3.63, 3.8) is 0 Å². The molecule has 0 fully saturated rings. The molecule has 260 valence electrons. The molecule has 0 saturated heterocycles. The van der Waals surface area contributed by atoms with Gasteiger partial charge in [-0.05, 0) is 45.4 Å². The van der Waals surface area contributed by atoms with Gasteiger partial charge in [-0.3, -0.25) is 9.59 Å². The number of aromatic nitrogens is 1. The molecule has 49 heavy (non-hydrogen) atoms. The zero-order valence-corrected chi connectivity index (χ0v) is 28.1. The first-order valence-corrected chi connectivity index (χ1v) is 15.6. The summed E-state index contributed by atoms with van der Waals surface area (Å²) in [5.41, 5.74) is -2.38. The van der Waals surface area contributed by atoms with Gasteiger partial charge in [0.15, 0.2) is 0 Å². The van der Waals surface area contributed by atoms with Gasteiger partial charge in [0.25, 0.3) is 5.91 Å². The topological polar surface area (TPSA) is 127 Å². The van der Waals surface area contributed by atoms with Crippen LogP contribution >= 0.6 is 0 Å². The first-order valence-electron chi connectivity index (χ1n) is 15.6. The van der Waals surface area contributed by atoms with E-state index in [0.29, 0.717) is 11.6 Å². The molecule has 0 saturated carbocycles. The molecule has 2 aromatic carbocycles. The lowest BCUT2D eigenvalue weighted by Crippen LogP contribution is -2.66. The summed E-state index contributed by atoms with van der Waals surface area (Å²) in [6.07, 6.45) is 2.90. The minimum absolute atomic E-state index is 0.0520. The third-order valence-electron chi connectivity index (χ3n) is 8.54. The summed E-state index contributed by atoms with van der Waals surface area (Å²) in [5, 5.41) is 13.9. The SMILES string of the molecule is C=CC1C(C)[N+](C)([C@@H](C=C)CO)C(=O)c2c(OCc3ccccc3)c(=O)c(C(=O)NCc3ccc(F)cc3F)cn2N1C(=O)OC(C)(C)C. The number of fused-ring (bicyclic) bond motifs is 1. The van der Waals surface area contributed by atoms with Crippen molar-refractivity contribution in [2.24, 2.45) is 0 Å². The fourth-order valence-corrected chi connectivity index (χ4v) is 5.71. The van der Waals surface area contributed by atoms with Gasteiger partial charge in [0, 0.05) is 24.4 Å². The van der Waals surface area contributed by atoms with Gasteiger partial charge in [-0.15, -0.1) is 6.58 Å². The van der Waals surface area contributed by atoms with E-state index in [0.717, 1.165) is 28.0 Å². The number of ether oxygens (including phenoxy) is 2. The summed E-state index contributed by atoms with van der Waals surface area (Å²) < 4.78 is 40.2. The van der Waals surface area contributed by atoms with Gasteiger partial charge >= 0.3 is 12.0 Å². The van der Waals surface area contributed by atoms with Crippen molar-refractivity contribution in [3.05, 3.63) is 124 Å². The van der Waals surface area contributed by atoms with Crippen molar-refractivity contribution in [3.8, 4) is 5.75 Å². The molecule has 3 unspecified atom stereocenters. The maximum absolute atomic E-state index is 14.9. The number of hydrogen-bond donors (Lipinski definition) is 2. The Labute approximate surface area is 283 Å². The van der Waals surface area contributed by atoms with Crippen LogP contribution in [0.25, 0.3) is 0 Å². The summed E-state index contributed by atoms with van der Waals surface area (Å²) >= 11 is 0. The summed E-state index contributed by atoms with van der Waals surface area (Å²) in [6.45, 7) is 13.2. The third kappa shape index (κ3) is 7.32. The fourth-order valence-electron chi connectivity index (χ4n) is 5.71. The normalized spacial score (nSPS) is 19.7. The number of nitrogens with zero attached hydrogens (tertiary/aromatic N) is 3. The number of hydrogen-bond acceptors (Lipinski definition) is 7. The molecule has 11 nitrogen and oxygen atoms in total. The molecule has 4 rings (SSSR count). The second kappa shape index (κ2) is 14.5. The number of nitrogens with one attached hydrogen (secondary N) is 1. The third-order valence-corrected chi connectivity index (χ3v) is 8.54. The number of pyridine rings is 1. The number of rotatable bonds is 10. The molecule has 0 aliphatic carbocycles. The summed E-state index contributed by atoms with van der Waals surface area (Å²) in [6, 6.07) is 8.81. The van der Waals surface area contributed by atoms with Crippen LogP contribution in [0.4, 0.5) is 13.6 Å². The van der Waals surface area contributed by atoms with Crippen LogP contribution in [0.3, 0.4) is 0 Å². The lowest BCUT2D eigenvalue weighted by molar-refractivity contribution is -0.872. The molecule has 1 aliphatic rings. The average molecular weight is 680 g/mol. The average Bonchev–Trinajstić information content (AvgIpc) is 3.11. The first-order chi connectivity index (χ1) is 23.1. The van der Waals surface area contributed by atoms with Crippen molar-refractivity contribution in [1.29, 1.82) is 0 Å². The molecule has 3 aromatic rings. The quantitative estimate of drug-likeness (QED) is 0.237. The first kappa shape index (κ1) is 36.7. The fraction of sp³-hybridized carbons (Fsp3) is 0.333. The van der Waals surface area contributed by atoms with E-state index in [9.17, 15) is 33.1 Å². The van der Waals surface area contributed by atoms with Crippen LogP contribution in [-0.4, -0.2) is 69.6 Å². The Morgan fingerprint density at radius 3 is 2.37 bits per heavy atom. The van der Waals surface area contributed by atoms with Gasteiger partial charge in [-0.1, -0.05) is 49.1 Å². The Hall–Kier alpha value is -5.14. The Kier molecular flexibility index (Phi) is 10.9. The monoisotopic (exact) mass is 679 g/mol. The molecular formula is C36H41F2N4O7+. The van der Waals surface area contributed by atoms with Crippen molar-refractivity contribution in [1.82, 2.24) is 9.99 Å². The van der Waals surface area contributed by atoms with Crippen LogP contribution in [0.1, 0.15) is 59.7 Å². The van der Waals surface area contributed by atoms with Gasteiger partial charge in [-0.2, -0.15) is 0 Å². The number of benzene rings is 2. The molecule has 1 aliphatic heterocycles. The van der Waals surface area contributed by atoms with E-state index in [-0.39, 0.29) is 12.2 Å². The smallest absolute Gasteiger partial charge is 0.430 e. The van der Waals surface area contributed by atoms with Crippen molar-refractivity contribution in [2.75, 3.05) is 18.7 Å². The highest BCUT2D eigenvalue weighted by Gasteiger charge is 2.55. The Morgan fingerprint density at radius 2 is 1.80 bits per heavy atom. The summed E-state index contributed by atoms with van der Waals surface area (Å²) in [7, 11) is 1.54. The highest BCUT2D eigenvalue weighted by atomic mass is 19.1. The molecular weight excluding hydrogens is 638 g/mol. The number of aliphatic hydroxyl groups is 1. The molecule has 0 radical (unpaired) electrons. The van der Waals surface area contributed by atoms with E-state index in [1.165, 1.54) is 19.2 Å². The molecule has 4 atom stereocenters. The number of carbonyl (C=O) groups is 3. The highest BCUT2D eigenvalue weighted by Crippen LogP contribution is 2.34. The molecule has 0 bridgehead atoms. The van der Waals surface area contributed by atoms with Gasteiger partial charge < -0.3 is 19.9 Å². The van der Waals surface area contributed by atoms with Crippen LogP contribution in [0, 0.1) is 11.6 Å². The number of amides is 3. The van der Waals surface area contributed by atoms with Crippen LogP contribution in [0.2, 0.25) is 0 Å². The van der Waals surface area contributed by atoms with E-state index >= 15 is 0 Å². The molecule has 1 aromatic heterocycles. The van der Waals surface area contributed by atoms with Crippen molar-refractivity contribution in [2.45, 2.75) is 64.6 Å². The zero-order valence-electron chi connectivity index (χ0n) is 28.1. The predicted octanol–water partition coefficient (Wildman–Crippen LogP) is 4.60. The van der Waals surface area contributed by atoms with Crippen LogP contribution in [-0.2, 0) is 17.9 Å². The van der Waals surface area contributed by atoms with Gasteiger partial charge in [0.05, 0.1) is 13.7 Å². The Morgan fingerprint density at radius 1 is 1.12 bits per heavy atom. The van der Waals surface area contributed by atoms with Crippen LogP contribution in [0.5, 0.6) is 5.75 Å². The molecule has 2 N–H and O–H groups in total. The van der Waals surface area contributed by atoms with Gasteiger partial charge in [0.2, 0.25) is 16.9 Å². The van der Waals surface area contributed by atoms with Crippen molar-refractivity contribution < 1.29 is 42.2 Å². The Balaban J connectivity index is 2.02. The lowest BCUT2D eigenvalue weighted by Gasteiger charge is -2.43. The molecule has 3 amide bonds. The van der Waals surface area contributed by atoms with Crippen LogP contribution < -0.4 is 20.5 Å². The molecule has 0 spiro atoms. The van der Waals surface area contributed by atoms with E-state index in [2.05, 4.69) is 18.5 Å². The van der Waals surface area contributed by atoms with E-state index in [1.807, 2.05) is 0 Å². The Bertz CT molecular complexity index is 1820. The minimum atomic E-state index is -1.02. The molecule has 2 heterocycles. The van der Waals surface area contributed by atoms with Gasteiger partial charge in [-0.25, -0.2) is 32.5 Å². The maximum atomic E-state index is 14.9. The lowest BCUT2D eigenvalue weighted by atomic mass is 10.0. The summed E-state index contributed by atoms with van der Waals surface area (Å²) in [5.74, 6) is -3.99. The van der Waals surface area contributed by atoms with Crippen LogP contribution in [0.15, 0.2) is 84.8 Å². The minimum Gasteiger partial charge on any atom is -0.482 e. The number of carbonyl (C=O) groups excluding carboxylic acids is 3. The maximum Gasteiger partial charge on any atom is 0.430 e. The van der Waals surface area contributed by atoms with Crippen molar-refractivity contribution >= 4 is 17.9 Å². The van der Waals surface area contributed by atoms with E-state index in [1.54, 1.807) is 58.0 Å². The van der Waals surface area contributed by atoms with E-state index < -0.39 is 93.3 Å². The molecule has 13 heteroatoms. The van der Waals surface area contributed by atoms with E-state index in [4.69, 9.17) is 9.47 Å². The number of likely N-dealkylation sites (N-methyl/N-ethyl adjacent to an activating group) is 1. The summed E-state index contributed by atoms with van der Waals surface area (Å²) in [4.78, 5) is 56.8. The standard InChI is InChI=1S/C36H40F2N4O7/c1-8-26(20-43)42(7)22(3)29(9-2)41(35(47)49-36(4,5)6)40-19-27(33(45)39-18-24-15-16-25(37)17-28(24)38)31(44)32(30(40)34(42)46)48-21-23-13-11-10-12-14-23/h8-17,19,22,26,29,43H,1-2,18,20-21H2,3-7H3/p+1/t22?,26-,29?,42?/m0/s1.